The maximum atomic E-state index is 5.68. The van der Waals surface area contributed by atoms with Crippen LogP contribution in [0.4, 0.5) is 0 Å². The summed E-state index contributed by atoms with van der Waals surface area (Å²) >= 11 is 5.12. The van der Waals surface area contributed by atoms with E-state index in [-0.39, 0.29) is 6.04 Å². The van der Waals surface area contributed by atoms with E-state index in [0.29, 0.717) is 0 Å². The summed E-state index contributed by atoms with van der Waals surface area (Å²) in [5.74, 6) is 0. The minimum atomic E-state index is 0.270. The summed E-state index contributed by atoms with van der Waals surface area (Å²) in [6, 6.07) is 2.37. The lowest BCUT2D eigenvalue weighted by Gasteiger charge is -2.01. The molecule has 0 saturated heterocycles. The van der Waals surface area contributed by atoms with Gasteiger partial charge in [-0.2, -0.15) is 0 Å². The average molecular weight is 264 g/mol. The summed E-state index contributed by atoms with van der Waals surface area (Å²) in [4.78, 5) is 1.32. The Balaban J connectivity index is 2.57. The maximum Gasteiger partial charge on any atom is 0.188 e. The van der Waals surface area contributed by atoms with Gasteiger partial charge in [0.1, 0.15) is 0 Å². The molecule has 0 amide bonds. The lowest BCUT2D eigenvalue weighted by molar-refractivity contribution is 0.425. The minimum absolute atomic E-state index is 0.270. The molecule has 0 spiro atoms. The van der Waals surface area contributed by atoms with Crippen molar-refractivity contribution in [1.29, 1.82) is 0 Å². The first kappa shape index (κ1) is 11.0. The van der Waals surface area contributed by atoms with Crippen LogP contribution in [0.1, 0.15) is 18.2 Å². The number of nitrogens with two attached hydrogens (primary N) is 1. The van der Waals surface area contributed by atoms with E-state index in [2.05, 4.69) is 22.0 Å². The molecule has 1 aromatic rings. The summed E-state index contributed by atoms with van der Waals surface area (Å²) in [7, 11) is 1.69. The first-order valence-electron chi connectivity index (χ1n) is 4.21. The molecule has 74 valence electrons. The Morgan fingerprint density at radius 3 is 2.85 bits per heavy atom. The third-order valence-corrected chi connectivity index (χ3v) is 3.75. The Bertz CT molecular complexity index is 273. The number of hydrogen-bond acceptors (Lipinski definition) is 3. The van der Waals surface area contributed by atoms with Gasteiger partial charge >= 0.3 is 0 Å². The number of ether oxygens (including phenoxy) is 1. The zero-order valence-corrected chi connectivity index (χ0v) is 10.2. The Kier molecular flexibility index (Phi) is 4.22. The van der Waals surface area contributed by atoms with Crippen molar-refractivity contribution < 1.29 is 4.74 Å². The van der Waals surface area contributed by atoms with Gasteiger partial charge < -0.3 is 10.5 Å². The highest BCUT2D eigenvalue weighted by Crippen LogP contribution is 2.35. The number of thiophene rings is 1. The van der Waals surface area contributed by atoms with Crippen molar-refractivity contribution >= 4 is 27.3 Å². The van der Waals surface area contributed by atoms with Gasteiger partial charge in [-0.25, -0.2) is 0 Å². The maximum absolute atomic E-state index is 5.68. The van der Waals surface area contributed by atoms with Crippen LogP contribution in [0.5, 0.6) is 5.06 Å². The summed E-state index contributed by atoms with van der Waals surface area (Å²) in [5, 5.41) is 0.944. The number of aryl methyl sites for hydroxylation is 1. The Morgan fingerprint density at radius 1 is 1.69 bits per heavy atom. The molecule has 0 aliphatic rings. The molecule has 0 aliphatic carbocycles. The Labute approximate surface area is 91.2 Å². The summed E-state index contributed by atoms with van der Waals surface area (Å²) in [6.45, 7) is 2.03. The van der Waals surface area contributed by atoms with E-state index in [1.807, 2.05) is 6.92 Å². The van der Waals surface area contributed by atoms with Crippen molar-refractivity contribution in [3.05, 3.63) is 15.4 Å². The number of rotatable bonds is 4. The Hall–Kier alpha value is -0.0600. The van der Waals surface area contributed by atoms with Crippen LogP contribution in [-0.2, 0) is 6.42 Å². The summed E-state index contributed by atoms with van der Waals surface area (Å²) in [5.41, 5.74) is 5.68. The molecule has 4 heteroatoms. The van der Waals surface area contributed by atoms with Crippen molar-refractivity contribution in [3.63, 3.8) is 0 Å². The normalized spacial score (nSPS) is 12.9. The van der Waals surface area contributed by atoms with Gasteiger partial charge in [0.05, 0.1) is 11.6 Å². The molecule has 0 aliphatic heterocycles. The van der Waals surface area contributed by atoms with Crippen LogP contribution in [0.15, 0.2) is 10.5 Å². The first-order chi connectivity index (χ1) is 6.13. The van der Waals surface area contributed by atoms with Crippen LogP contribution in [-0.4, -0.2) is 13.2 Å². The smallest absolute Gasteiger partial charge is 0.188 e. The van der Waals surface area contributed by atoms with Crippen LogP contribution in [0.3, 0.4) is 0 Å². The highest BCUT2D eigenvalue weighted by atomic mass is 79.9. The van der Waals surface area contributed by atoms with Gasteiger partial charge in [-0.1, -0.05) is 0 Å². The topological polar surface area (TPSA) is 35.2 Å². The third-order valence-electron chi connectivity index (χ3n) is 1.74. The zero-order valence-electron chi connectivity index (χ0n) is 7.84. The van der Waals surface area contributed by atoms with E-state index in [4.69, 9.17) is 10.5 Å². The van der Waals surface area contributed by atoms with Crippen LogP contribution in [0, 0.1) is 0 Å². The first-order valence-corrected chi connectivity index (χ1v) is 5.82. The molecule has 1 atom stereocenters. The molecular weight excluding hydrogens is 250 g/mol. The fraction of sp³-hybridized carbons (Fsp3) is 0.556. The van der Waals surface area contributed by atoms with Crippen molar-refractivity contribution in [2.45, 2.75) is 25.8 Å². The van der Waals surface area contributed by atoms with Gasteiger partial charge in [0.15, 0.2) is 5.06 Å². The second-order valence-corrected chi connectivity index (χ2v) is 5.02. The molecule has 0 fully saturated rings. The highest BCUT2D eigenvalue weighted by molar-refractivity contribution is 9.10. The average Bonchev–Trinajstić information content (AvgIpc) is 2.43. The van der Waals surface area contributed by atoms with Gasteiger partial charge in [0.25, 0.3) is 0 Å². The number of hydrogen-bond donors (Lipinski definition) is 1. The zero-order chi connectivity index (χ0) is 9.84. The van der Waals surface area contributed by atoms with E-state index >= 15 is 0 Å². The van der Waals surface area contributed by atoms with Gasteiger partial charge in [0, 0.05) is 10.9 Å². The molecule has 13 heavy (non-hydrogen) atoms. The lowest BCUT2D eigenvalue weighted by Crippen LogP contribution is -2.14. The fourth-order valence-electron chi connectivity index (χ4n) is 1.03. The van der Waals surface area contributed by atoms with Crippen LogP contribution in [0.25, 0.3) is 0 Å². The molecule has 2 N–H and O–H groups in total. The summed E-state index contributed by atoms with van der Waals surface area (Å²) in [6.07, 6.45) is 2.06. The number of methoxy groups -OCH3 is 1. The van der Waals surface area contributed by atoms with Crippen LogP contribution in [0.2, 0.25) is 0 Å². The van der Waals surface area contributed by atoms with Crippen LogP contribution < -0.4 is 10.5 Å². The molecule has 0 saturated carbocycles. The van der Waals surface area contributed by atoms with E-state index in [9.17, 15) is 0 Å². The van der Waals surface area contributed by atoms with Gasteiger partial charge in [-0.15, -0.1) is 11.3 Å². The lowest BCUT2D eigenvalue weighted by atomic mass is 10.2. The molecule has 1 rings (SSSR count). The van der Waals surface area contributed by atoms with E-state index < -0.39 is 0 Å². The SMILES string of the molecule is COc1sc(CC[C@@H](C)N)cc1Br. The molecule has 0 radical (unpaired) electrons. The van der Waals surface area contributed by atoms with Gasteiger partial charge in [-0.05, 0) is 41.8 Å². The second-order valence-electron chi connectivity index (χ2n) is 3.07. The molecule has 2 nitrogen and oxygen atoms in total. The van der Waals surface area contributed by atoms with Crippen molar-refractivity contribution in [1.82, 2.24) is 0 Å². The molecule has 1 aromatic heterocycles. The standard InChI is InChI=1S/C9H14BrNOS/c1-6(11)3-4-7-5-8(10)9(12-2)13-7/h5-6H,3-4,11H2,1-2H3/t6-/m1/s1. The van der Waals surface area contributed by atoms with Crippen molar-refractivity contribution in [3.8, 4) is 5.06 Å². The molecule has 0 unspecified atom stereocenters. The van der Waals surface area contributed by atoms with E-state index in [1.54, 1.807) is 18.4 Å². The minimum Gasteiger partial charge on any atom is -0.486 e. The number of halogens is 1. The van der Waals surface area contributed by atoms with Crippen LogP contribution >= 0.6 is 27.3 Å². The summed E-state index contributed by atoms with van der Waals surface area (Å²) < 4.78 is 6.21. The predicted octanol–water partition coefficient (Wildman–Crippen LogP) is 2.80. The van der Waals surface area contributed by atoms with Crippen molar-refractivity contribution in [2.24, 2.45) is 5.73 Å². The second kappa shape index (κ2) is 4.98. The van der Waals surface area contributed by atoms with E-state index in [1.165, 1.54) is 4.88 Å². The monoisotopic (exact) mass is 263 g/mol. The third kappa shape index (κ3) is 3.29. The van der Waals surface area contributed by atoms with Gasteiger partial charge in [0.2, 0.25) is 0 Å². The molecular formula is C9H14BrNOS. The van der Waals surface area contributed by atoms with E-state index in [0.717, 1.165) is 22.4 Å². The van der Waals surface area contributed by atoms with Crippen molar-refractivity contribution in [2.75, 3.05) is 7.11 Å². The fourth-order valence-corrected chi connectivity index (χ4v) is 2.74. The largest absolute Gasteiger partial charge is 0.486 e. The molecule has 0 bridgehead atoms. The van der Waals surface area contributed by atoms with Gasteiger partial charge in [-0.3, -0.25) is 0 Å². The quantitative estimate of drug-likeness (QED) is 0.907. The molecule has 0 aromatic carbocycles. The predicted molar refractivity (Wildman–Crippen MR) is 60.5 cm³/mol. The molecule has 1 heterocycles. The highest BCUT2D eigenvalue weighted by Gasteiger charge is 2.07. The Morgan fingerprint density at radius 2 is 2.38 bits per heavy atom.